The second kappa shape index (κ2) is 3.96. The summed E-state index contributed by atoms with van der Waals surface area (Å²) in [6.07, 6.45) is 3.98. The molecule has 0 saturated heterocycles. The maximum Gasteiger partial charge on any atom is 0.310 e. The highest BCUT2D eigenvalue weighted by Gasteiger charge is 2.27. The first-order chi connectivity index (χ1) is 7.13. The molecule has 1 heterocycles. The Morgan fingerprint density at radius 3 is 2.25 bits per heavy atom. The minimum absolute atomic E-state index is 0.110. The highest BCUT2D eigenvalue weighted by Crippen LogP contribution is 2.24. The lowest BCUT2D eigenvalue weighted by molar-refractivity contribution is -0.147. The van der Waals surface area contributed by atoms with Crippen molar-refractivity contribution < 1.29 is 9.90 Å². The molecule has 3 heteroatoms. The van der Waals surface area contributed by atoms with Crippen molar-refractivity contribution in [1.29, 1.82) is 0 Å². The Hall–Kier alpha value is -1.25. The van der Waals surface area contributed by atoms with Crippen LogP contribution in [0.5, 0.6) is 0 Å². The summed E-state index contributed by atoms with van der Waals surface area (Å²) in [6.45, 7) is 10.4. The van der Waals surface area contributed by atoms with E-state index in [1.54, 1.807) is 13.8 Å². The number of carbonyl (C=O) groups is 1. The van der Waals surface area contributed by atoms with Crippen LogP contribution < -0.4 is 0 Å². The third kappa shape index (κ3) is 2.87. The fourth-order valence-corrected chi connectivity index (χ4v) is 1.51. The fraction of sp³-hybridized carbons (Fsp3) is 0.615. The van der Waals surface area contributed by atoms with Crippen molar-refractivity contribution in [3.8, 4) is 0 Å². The van der Waals surface area contributed by atoms with Crippen LogP contribution in [0.1, 0.15) is 40.2 Å². The van der Waals surface area contributed by atoms with Crippen LogP contribution in [0.25, 0.3) is 0 Å². The number of carboxylic acids is 1. The number of nitrogens with zero attached hydrogens (tertiary/aromatic N) is 1. The Morgan fingerprint density at radius 2 is 1.88 bits per heavy atom. The molecule has 1 aromatic rings. The molecule has 3 nitrogen and oxygen atoms in total. The summed E-state index contributed by atoms with van der Waals surface area (Å²) < 4.78 is 1.95. The largest absolute Gasteiger partial charge is 0.481 e. The van der Waals surface area contributed by atoms with Crippen molar-refractivity contribution in [3.05, 3.63) is 24.0 Å². The van der Waals surface area contributed by atoms with Crippen LogP contribution in [0.4, 0.5) is 0 Å². The lowest BCUT2D eigenvalue weighted by atomic mass is 9.89. The van der Waals surface area contributed by atoms with Gasteiger partial charge in [0.05, 0.1) is 5.41 Å². The van der Waals surface area contributed by atoms with E-state index in [1.807, 2.05) is 17.0 Å². The summed E-state index contributed by atoms with van der Waals surface area (Å²) in [5, 5.41) is 9.06. The molecule has 1 N–H and O–H groups in total. The van der Waals surface area contributed by atoms with Crippen LogP contribution in [0.2, 0.25) is 0 Å². The molecule has 16 heavy (non-hydrogen) atoms. The van der Waals surface area contributed by atoms with Crippen LogP contribution in [-0.4, -0.2) is 15.6 Å². The molecule has 0 aliphatic carbocycles. The molecular weight excluding hydrogens is 202 g/mol. The Labute approximate surface area is 97.1 Å². The molecule has 0 aliphatic rings. The van der Waals surface area contributed by atoms with E-state index in [1.165, 1.54) is 5.56 Å². The molecule has 0 aromatic carbocycles. The highest BCUT2D eigenvalue weighted by molar-refractivity contribution is 5.73. The first-order valence-corrected chi connectivity index (χ1v) is 5.52. The van der Waals surface area contributed by atoms with Crippen LogP contribution in [0.15, 0.2) is 18.5 Å². The molecule has 0 spiro atoms. The molecule has 90 valence electrons. The summed E-state index contributed by atoms with van der Waals surface area (Å²) >= 11 is 0. The minimum atomic E-state index is -0.765. The van der Waals surface area contributed by atoms with E-state index >= 15 is 0 Å². The van der Waals surface area contributed by atoms with Crippen molar-refractivity contribution >= 4 is 5.97 Å². The number of aromatic nitrogens is 1. The van der Waals surface area contributed by atoms with Gasteiger partial charge in [-0.15, -0.1) is 0 Å². The number of hydrogen-bond acceptors (Lipinski definition) is 1. The van der Waals surface area contributed by atoms with Gasteiger partial charge in [0.15, 0.2) is 0 Å². The van der Waals surface area contributed by atoms with Crippen molar-refractivity contribution in [1.82, 2.24) is 4.57 Å². The van der Waals surface area contributed by atoms with Gasteiger partial charge < -0.3 is 9.67 Å². The minimum Gasteiger partial charge on any atom is -0.481 e. The molecule has 0 fully saturated rings. The van der Waals surface area contributed by atoms with E-state index in [0.29, 0.717) is 6.54 Å². The van der Waals surface area contributed by atoms with Gasteiger partial charge in [0.1, 0.15) is 0 Å². The zero-order valence-electron chi connectivity index (χ0n) is 10.7. The van der Waals surface area contributed by atoms with Gasteiger partial charge in [0.25, 0.3) is 0 Å². The van der Waals surface area contributed by atoms with Gasteiger partial charge in [-0.2, -0.15) is 0 Å². The Bertz CT molecular complexity index is 383. The third-order valence-electron chi connectivity index (χ3n) is 2.77. The Kier molecular flexibility index (Phi) is 3.17. The smallest absolute Gasteiger partial charge is 0.310 e. The summed E-state index contributed by atoms with van der Waals surface area (Å²) in [6, 6.07) is 2.05. The maximum atomic E-state index is 11.0. The first-order valence-electron chi connectivity index (χ1n) is 5.52. The molecule has 0 amide bonds. The predicted molar refractivity (Wildman–Crippen MR) is 64.5 cm³/mol. The van der Waals surface area contributed by atoms with Crippen molar-refractivity contribution in [3.63, 3.8) is 0 Å². The molecule has 0 saturated carbocycles. The van der Waals surface area contributed by atoms with Crippen LogP contribution in [0.3, 0.4) is 0 Å². The highest BCUT2D eigenvalue weighted by atomic mass is 16.4. The maximum absolute atomic E-state index is 11.0. The number of carboxylic acid groups (broad SMARTS) is 1. The second-order valence-electron chi connectivity index (χ2n) is 6.01. The summed E-state index contributed by atoms with van der Waals surface area (Å²) in [7, 11) is 0. The van der Waals surface area contributed by atoms with Gasteiger partial charge in [-0.3, -0.25) is 4.79 Å². The normalized spacial score (nSPS) is 12.8. The standard InChI is InChI=1S/C13H21NO2/c1-12(2,3)10-6-7-14(8-10)9-13(4,5)11(15)16/h6-8H,9H2,1-5H3,(H,15,16). The van der Waals surface area contributed by atoms with Crippen LogP contribution >= 0.6 is 0 Å². The molecule has 1 aromatic heterocycles. The number of hydrogen-bond donors (Lipinski definition) is 1. The summed E-state index contributed by atoms with van der Waals surface area (Å²) in [5.41, 5.74) is 0.612. The quantitative estimate of drug-likeness (QED) is 0.856. The van der Waals surface area contributed by atoms with Gasteiger partial charge in [0.2, 0.25) is 0 Å². The number of aliphatic carboxylic acids is 1. The summed E-state index contributed by atoms with van der Waals surface area (Å²) in [4.78, 5) is 11.0. The van der Waals surface area contributed by atoms with E-state index in [-0.39, 0.29) is 5.41 Å². The van der Waals surface area contributed by atoms with Gasteiger partial charge in [-0.05, 0) is 30.9 Å². The van der Waals surface area contributed by atoms with Crippen molar-refractivity contribution in [2.24, 2.45) is 5.41 Å². The zero-order valence-corrected chi connectivity index (χ0v) is 10.7. The monoisotopic (exact) mass is 223 g/mol. The Morgan fingerprint density at radius 1 is 1.31 bits per heavy atom. The average molecular weight is 223 g/mol. The van der Waals surface area contributed by atoms with Gasteiger partial charge in [-0.25, -0.2) is 0 Å². The molecule has 0 bridgehead atoms. The van der Waals surface area contributed by atoms with E-state index < -0.39 is 11.4 Å². The van der Waals surface area contributed by atoms with E-state index in [4.69, 9.17) is 5.11 Å². The lowest BCUT2D eigenvalue weighted by Gasteiger charge is -2.20. The summed E-state index contributed by atoms with van der Waals surface area (Å²) in [5.74, 6) is -0.765. The third-order valence-corrected chi connectivity index (χ3v) is 2.77. The van der Waals surface area contributed by atoms with E-state index in [2.05, 4.69) is 26.8 Å². The SMILES string of the molecule is CC(C)(Cn1ccc(C(C)(C)C)c1)C(=O)O. The predicted octanol–water partition coefficient (Wildman–Crippen LogP) is 2.90. The average Bonchev–Trinajstić information content (AvgIpc) is 2.50. The van der Waals surface area contributed by atoms with Gasteiger partial charge >= 0.3 is 5.97 Å². The fourth-order valence-electron chi connectivity index (χ4n) is 1.51. The van der Waals surface area contributed by atoms with Crippen LogP contribution in [-0.2, 0) is 16.8 Å². The lowest BCUT2D eigenvalue weighted by Crippen LogP contribution is -2.28. The first kappa shape index (κ1) is 12.8. The molecule has 0 atom stereocenters. The zero-order chi connectivity index (χ0) is 12.6. The molecule has 0 unspecified atom stereocenters. The second-order valence-corrected chi connectivity index (χ2v) is 6.01. The van der Waals surface area contributed by atoms with Gasteiger partial charge in [-0.1, -0.05) is 20.8 Å². The molecular formula is C13H21NO2. The van der Waals surface area contributed by atoms with Crippen molar-refractivity contribution in [2.75, 3.05) is 0 Å². The van der Waals surface area contributed by atoms with Gasteiger partial charge in [0, 0.05) is 18.9 Å². The Balaban J connectivity index is 2.85. The molecule has 1 rings (SSSR count). The number of rotatable bonds is 3. The molecule has 0 radical (unpaired) electrons. The van der Waals surface area contributed by atoms with E-state index in [0.717, 1.165) is 0 Å². The molecule has 0 aliphatic heterocycles. The van der Waals surface area contributed by atoms with Crippen LogP contribution in [0, 0.1) is 5.41 Å². The van der Waals surface area contributed by atoms with E-state index in [9.17, 15) is 4.79 Å². The van der Waals surface area contributed by atoms with Crippen molar-refractivity contribution in [2.45, 2.75) is 46.6 Å². The topological polar surface area (TPSA) is 42.2 Å².